The van der Waals surface area contributed by atoms with Gasteiger partial charge in [0.05, 0.1) is 0 Å². The van der Waals surface area contributed by atoms with Gasteiger partial charge in [-0.25, -0.2) is 0 Å². The van der Waals surface area contributed by atoms with E-state index >= 15 is 0 Å². The molecule has 0 aliphatic rings. The van der Waals surface area contributed by atoms with Crippen molar-refractivity contribution in [2.24, 2.45) is 0 Å². The fraction of sp³-hybridized carbons (Fsp3) is 0.312. The first-order valence-electron chi connectivity index (χ1n) is 6.72. The van der Waals surface area contributed by atoms with Crippen LogP contribution in [0.5, 0.6) is 0 Å². The molecule has 106 valence electrons. The number of halogens is 2. The predicted octanol–water partition coefficient (Wildman–Crippen LogP) is 4.95. The molecular formula is C16H18BrClN2. The molecule has 2 rings (SSSR count). The lowest BCUT2D eigenvalue weighted by atomic mass is 9.91. The number of pyridine rings is 1. The van der Waals surface area contributed by atoms with Gasteiger partial charge in [-0.05, 0) is 36.4 Å². The third kappa shape index (κ3) is 3.60. The zero-order valence-corrected chi connectivity index (χ0v) is 13.9. The first kappa shape index (κ1) is 15.5. The number of likely N-dealkylation sites (N-methyl/N-ethyl adjacent to an activating group) is 1. The molecule has 2 aromatic rings. The highest BCUT2D eigenvalue weighted by molar-refractivity contribution is 9.10. The largest absolute Gasteiger partial charge is 0.310 e. The lowest BCUT2D eigenvalue weighted by molar-refractivity contribution is 0.470. The Bertz CT molecular complexity index is 560. The summed E-state index contributed by atoms with van der Waals surface area (Å²) >= 11 is 9.65. The fourth-order valence-corrected chi connectivity index (χ4v) is 3.28. The van der Waals surface area contributed by atoms with E-state index in [1.165, 1.54) is 5.56 Å². The van der Waals surface area contributed by atoms with E-state index in [0.29, 0.717) is 0 Å². The van der Waals surface area contributed by atoms with Gasteiger partial charge in [0.2, 0.25) is 0 Å². The smallest absolute Gasteiger partial charge is 0.0450 e. The van der Waals surface area contributed by atoms with Crippen molar-refractivity contribution in [1.82, 2.24) is 10.3 Å². The maximum atomic E-state index is 6.03. The second-order valence-electron chi connectivity index (χ2n) is 4.74. The predicted molar refractivity (Wildman–Crippen MR) is 88.2 cm³/mol. The zero-order valence-electron chi connectivity index (χ0n) is 11.6. The van der Waals surface area contributed by atoms with Gasteiger partial charge in [-0.1, -0.05) is 53.5 Å². The maximum Gasteiger partial charge on any atom is 0.0450 e. The first-order valence-corrected chi connectivity index (χ1v) is 7.89. The van der Waals surface area contributed by atoms with Gasteiger partial charge in [0.15, 0.2) is 0 Å². The summed E-state index contributed by atoms with van der Waals surface area (Å²) in [5.74, 6) is 0.272. The molecule has 0 radical (unpaired) electrons. The van der Waals surface area contributed by atoms with Crippen molar-refractivity contribution in [3.05, 3.63) is 63.3 Å². The van der Waals surface area contributed by atoms with Crippen LogP contribution in [0.15, 0.2) is 47.1 Å². The molecular weight excluding hydrogens is 336 g/mol. The minimum absolute atomic E-state index is 0.196. The van der Waals surface area contributed by atoms with Gasteiger partial charge in [-0.3, -0.25) is 4.98 Å². The second-order valence-corrected chi connectivity index (χ2v) is 6.04. The Kier molecular flexibility index (Phi) is 5.58. The van der Waals surface area contributed by atoms with Crippen molar-refractivity contribution in [3.8, 4) is 0 Å². The highest BCUT2D eigenvalue weighted by atomic mass is 79.9. The summed E-state index contributed by atoms with van der Waals surface area (Å²) in [5.41, 5.74) is 2.29. The summed E-state index contributed by atoms with van der Waals surface area (Å²) in [6.45, 7) is 5.20. The fourth-order valence-electron chi connectivity index (χ4n) is 2.35. The Hall–Kier alpha value is -0.900. The van der Waals surface area contributed by atoms with E-state index < -0.39 is 0 Å². The Morgan fingerprint density at radius 2 is 2.10 bits per heavy atom. The summed E-state index contributed by atoms with van der Waals surface area (Å²) in [6, 6.07) is 12.2. The molecule has 2 nitrogen and oxygen atoms in total. The number of hydrogen-bond acceptors (Lipinski definition) is 2. The van der Waals surface area contributed by atoms with Crippen LogP contribution in [0, 0.1) is 0 Å². The molecule has 1 aromatic carbocycles. The summed E-state index contributed by atoms with van der Waals surface area (Å²) in [7, 11) is 0. The molecule has 0 spiro atoms. The molecule has 0 bridgehead atoms. The van der Waals surface area contributed by atoms with Crippen molar-refractivity contribution in [2.75, 3.05) is 6.54 Å². The number of nitrogens with zero attached hydrogens (tertiary/aromatic N) is 1. The average Bonchev–Trinajstić information content (AvgIpc) is 2.46. The maximum absolute atomic E-state index is 6.03. The molecule has 0 amide bonds. The Morgan fingerprint density at radius 1 is 1.30 bits per heavy atom. The van der Waals surface area contributed by atoms with Crippen LogP contribution < -0.4 is 5.32 Å². The van der Waals surface area contributed by atoms with E-state index in [9.17, 15) is 0 Å². The van der Waals surface area contributed by atoms with Crippen molar-refractivity contribution < 1.29 is 0 Å². The second kappa shape index (κ2) is 7.21. The lowest BCUT2D eigenvalue weighted by Gasteiger charge is -2.26. The summed E-state index contributed by atoms with van der Waals surface area (Å²) in [4.78, 5) is 4.47. The third-order valence-electron chi connectivity index (χ3n) is 3.38. The topological polar surface area (TPSA) is 24.9 Å². The van der Waals surface area contributed by atoms with Crippen molar-refractivity contribution in [1.29, 1.82) is 0 Å². The molecule has 20 heavy (non-hydrogen) atoms. The van der Waals surface area contributed by atoms with Gasteiger partial charge in [0.1, 0.15) is 0 Å². The Morgan fingerprint density at radius 3 is 2.70 bits per heavy atom. The molecule has 0 fully saturated rings. The van der Waals surface area contributed by atoms with E-state index in [4.69, 9.17) is 11.6 Å². The minimum atomic E-state index is 0.196. The van der Waals surface area contributed by atoms with Crippen LogP contribution in [-0.4, -0.2) is 11.5 Å². The minimum Gasteiger partial charge on any atom is -0.310 e. The molecule has 0 aliphatic heterocycles. The third-order valence-corrected chi connectivity index (χ3v) is 4.30. The van der Waals surface area contributed by atoms with E-state index in [-0.39, 0.29) is 12.0 Å². The van der Waals surface area contributed by atoms with Gasteiger partial charge < -0.3 is 5.32 Å². The molecule has 1 aromatic heterocycles. The number of hydrogen-bond donors (Lipinski definition) is 1. The van der Waals surface area contributed by atoms with E-state index in [2.05, 4.69) is 52.2 Å². The summed E-state index contributed by atoms with van der Waals surface area (Å²) in [5, 5.41) is 4.28. The first-order chi connectivity index (χ1) is 9.63. The van der Waals surface area contributed by atoms with Gasteiger partial charge in [0, 0.05) is 33.3 Å². The Balaban J connectivity index is 2.35. The monoisotopic (exact) mass is 352 g/mol. The van der Waals surface area contributed by atoms with Crippen LogP contribution >= 0.6 is 27.5 Å². The highest BCUT2D eigenvalue weighted by Crippen LogP contribution is 2.34. The van der Waals surface area contributed by atoms with Gasteiger partial charge >= 0.3 is 0 Å². The highest BCUT2D eigenvalue weighted by Gasteiger charge is 2.22. The zero-order chi connectivity index (χ0) is 14.5. The number of rotatable bonds is 5. The molecule has 0 saturated heterocycles. The van der Waals surface area contributed by atoms with Crippen LogP contribution in [0.3, 0.4) is 0 Å². The summed E-state index contributed by atoms with van der Waals surface area (Å²) in [6.07, 6.45) is 1.84. The lowest BCUT2D eigenvalue weighted by Crippen LogP contribution is -2.26. The molecule has 1 N–H and O–H groups in total. The molecule has 2 atom stereocenters. The van der Waals surface area contributed by atoms with E-state index in [0.717, 1.165) is 21.7 Å². The van der Waals surface area contributed by atoms with Crippen LogP contribution in [0.25, 0.3) is 0 Å². The van der Waals surface area contributed by atoms with Gasteiger partial charge in [-0.2, -0.15) is 0 Å². The van der Waals surface area contributed by atoms with Crippen molar-refractivity contribution in [3.63, 3.8) is 0 Å². The average molecular weight is 354 g/mol. The van der Waals surface area contributed by atoms with Crippen LogP contribution in [0.1, 0.15) is 37.1 Å². The summed E-state index contributed by atoms with van der Waals surface area (Å²) < 4.78 is 1.03. The molecule has 1 heterocycles. The molecule has 0 aliphatic carbocycles. The normalized spacial score (nSPS) is 14.0. The van der Waals surface area contributed by atoms with Crippen LogP contribution in [0.2, 0.25) is 5.02 Å². The number of nitrogens with one attached hydrogen (secondary N) is 1. The number of benzene rings is 1. The van der Waals surface area contributed by atoms with Gasteiger partial charge in [-0.15, -0.1) is 0 Å². The van der Waals surface area contributed by atoms with E-state index in [1.807, 2.05) is 30.5 Å². The molecule has 4 heteroatoms. The Labute approximate surface area is 133 Å². The van der Waals surface area contributed by atoms with Gasteiger partial charge in [0.25, 0.3) is 0 Å². The van der Waals surface area contributed by atoms with E-state index in [1.54, 1.807) is 0 Å². The standard InChI is InChI=1S/C16H18BrClN2/c1-3-19-16(11(2)15-6-4-5-9-20-15)13-8-7-12(18)10-14(13)17/h4-11,16,19H,3H2,1-2H3. The quantitative estimate of drug-likeness (QED) is 0.822. The number of aromatic nitrogens is 1. The molecule has 2 unspecified atom stereocenters. The van der Waals surface area contributed by atoms with Crippen LogP contribution in [-0.2, 0) is 0 Å². The van der Waals surface area contributed by atoms with Crippen LogP contribution in [0.4, 0.5) is 0 Å². The van der Waals surface area contributed by atoms with Crippen molar-refractivity contribution >= 4 is 27.5 Å². The SMILES string of the molecule is CCNC(c1ccc(Cl)cc1Br)C(C)c1ccccn1. The van der Waals surface area contributed by atoms with Crippen molar-refractivity contribution in [2.45, 2.75) is 25.8 Å². The molecule has 0 saturated carbocycles.